The predicted molar refractivity (Wildman–Crippen MR) is 74.8 cm³/mol. The topological polar surface area (TPSA) is 52.4 Å². The molecule has 0 saturated carbocycles. The van der Waals surface area contributed by atoms with Crippen LogP contribution in [0.4, 0.5) is 5.00 Å². The van der Waals surface area contributed by atoms with Crippen molar-refractivity contribution < 1.29 is 4.74 Å². The third kappa shape index (κ3) is 2.21. The lowest BCUT2D eigenvalue weighted by molar-refractivity contribution is -0.0263. The summed E-state index contributed by atoms with van der Waals surface area (Å²) in [7, 11) is 0. The molecule has 7 heteroatoms. The Balaban J connectivity index is 1.70. The number of rotatable bonds is 2. The summed E-state index contributed by atoms with van der Waals surface area (Å²) in [5.41, 5.74) is 0.683. The molecule has 0 N–H and O–H groups in total. The van der Waals surface area contributed by atoms with Crippen LogP contribution in [0.3, 0.4) is 0 Å². The highest BCUT2D eigenvalue weighted by molar-refractivity contribution is 7.10. The molecule has 2 aliphatic rings. The molecule has 1 aromatic rings. The lowest BCUT2D eigenvalue weighted by Gasteiger charge is -2.55. The molecule has 19 heavy (non-hydrogen) atoms. The van der Waals surface area contributed by atoms with Crippen LogP contribution in [0.1, 0.15) is 12.5 Å². The Hall–Kier alpha value is -0.870. The molecule has 0 atom stereocenters. The second kappa shape index (κ2) is 4.91. The van der Waals surface area contributed by atoms with E-state index in [0.717, 1.165) is 44.4 Å². The number of nitrogens with zero attached hydrogens (tertiary/aromatic N) is 4. The van der Waals surface area contributed by atoms with Crippen LogP contribution in [0, 0.1) is 11.3 Å². The number of morpholine rings is 1. The third-order valence-electron chi connectivity index (χ3n) is 3.87. The molecule has 3 heterocycles. The number of hydrogen-bond acceptors (Lipinski definition) is 6. The van der Waals surface area contributed by atoms with Gasteiger partial charge in [0.05, 0.1) is 18.8 Å². The lowest BCUT2D eigenvalue weighted by atomic mass is 9.89. The van der Waals surface area contributed by atoms with Crippen molar-refractivity contribution in [2.45, 2.75) is 12.5 Å². The molecular formula is C12H15ClN4OS. The van der Waals surface area contributed by atoms with Crippen molar-refractivity contribution in [3.8, 4) is 6.07 Å². The van der Waals surface area contributed by atoms with Gasteiger partial charge in [-0.15, -0.1) is 0 Å². The summed E-state index contributed by atoms with van der Waals surface area (Å²) in [6.07, 6.45) is 0. The van der Waals surface area contributed by atoms with Crippen LogP contribution in [0.2, 0.25) is 5.15 Å². The Kier molecular flexibility index (Phi) is 3.39. The highest BCUT2D eigenvalue weighted by atomic mass is 35.5. The standard InChI is InChI=1S/C12H15ClN4OS/c1-12(17-2-4-18-5-3-17)7-16(8-12)11-9(6-14)10(13)15-19-11/h2-5,7-8H2,1H3. The highest BCUT2D eigenvalue weighted by Crippen LogP contribution is 2.38. The molecular weight excluding hydrogens is 284 g/mol. The molecule has 0 radical (unpaired) electrons. The van der Waals surface area contributed by atoms with Gasteiger partial charge in [0, 0.05) is 26.2 Å². The smallest absolute Gasteiger partial charge is 0.162 e. The first-order chi connectivity index (χ1) is 9.14. The fourth-order valence-corrected chi connectivity index (χ4v) is 3.82. The molecule has 2 saturated heterocycles. The van der Waals surface area contributed by atoms with Crippen molar-refractivity contribution in [2.75, 3.05) is 44.3 Å². The zero-order chi connectivity index (χ0) is 13.5. The summed E-state index contributed by atoms with van der Waals surface area (Å²) in [6, 6.07) is 2.14. The van der Waals surface area contributed by atoms with Gasteiger partial charge >= 0.3 is 0 Å². The first-order valence-electron chi connectivity index (χ1n) is 6.27. The van der Waals surface area contributed by atoms with Crippen molar-refractivity contribution >= 4 is 28.1 Å². The van der Waals surface area contributed by atoms with E-state index in [0.29, 0.717) is 10.7 Å². The van der Waals surface area contributed by atoms with Gasteiger partial charge in [0.1, 0.15) is 16.6 Å². The van der Waals surface area contributed by atoms with Gasteiger partial charge in [-0.1, -0.05) is 11.6 Å². The van der Waals surface area contributed by atoms with Gasteiger partial charge in [-0.05, 0) is 18.5 Å². The van der Waals surface area contributed by atoms with Gasteiger partial charge in [-0.3, -0.25) is 4.90 Å². The SMILES string of the molecule is CC1(N2CCOCC2)CN(c2snc(Cl)c2C#N)C1. The van der Waals surface area contributed by atoms with Gasteiger partial charge in [0.2, 0.25) is 0 Å². The third-order valence-corrected chi connectivity index (χ3v) is 5.15. The Bertz CT molecular complexity index is 514. The Morgan fingerprint density at radius 2 is 2.11 bits per heavy atom. The molecule has 2 aliphatic heterocycles. The molecule has 0 aromatic carbocycles. The van der Waals surface area contributed by atoms with E-state index in [-0.39, 0.29) is 5.54 Å². The Morgan fingerprint density at radius 1 is 1.42 bits per heavy atom. The monoisotopic (exact) mass is 298 g/mol. The van der Waals surface area contributed by atoms with E-state index >= 15 is 0 Å². The largest absolute Gasteiger partial charge is 0.379 e. The van der Waals surface area contributed by atoms with Gasteiger partial charge in [0.15, 0.2) is 5.15 Å². The molecule has 0 unspecified atom stereocenters. The van der Waals surface area contributed by atoms with Crippen molar-refractivity contribution in [3.05, 3.63) is 10.7 Å². The second-order valence-electron chi connectivity index (χ2n) is 5.22. The average molecular weight is 299 g/mol. The fraction of sp³-hybridized carbons (Fsp3) is 0.667. The summed E-state index contributed by atoms with van der Waals surface area (Å²) in [5, 5.41) is 10.3. The molecule has 3 rings (SSSR count). The summed E-state index contributed by atoms with van der Waals surface area (Å²) >= 11 is 7.22. The van der Waals surface area contributed by atoms with Crippen LogP contribution < -0.4 is 4.90 Å². The number of aromatic nitrogens is 1. The molecule has 102 valence electrons. The highest BCUT2D eigenvalue weighted by Gasteiger charge is 2.45. The van der Waals surface area contributed by atoms with Crippen molar-refractivity contribution in [2.24, 2.45) is 0 Å². The first-order valence-corrected chi connectivity index (χ1v) is 7.42. The summed E-state index contributed by atoms with van der Waals surface area (Å²) in [5.74, 6) is 0. The molecule has 1 aromatic heterocycles. The maximum absolute atomic E-state index is 9.11. The minimum Gasteiger partial charge on any atom is -0.379 e. The van der Waals surface area contributed by atoms with Crippen LogP contribution >= 0.6 is 23.1 Å². The zero-order valence-electron chi connectivity index (χ0n) is 10.7. The normalized spacial score (nSPS) is 22.9. The summed E-state index contributed by atoms with van der Waals surface area (Å²) < 4.78 is 9.45. The number of nitriles is 1. The number of hydrogen-bond donors (Lipinski definition) is 0. The molecule has 2 fully saturated rings. The maximum Gasteiger partial charge on any atom is 0.162 e. The van der Waals surface area contributed by atoms with Crippen molar-refractivity contribution in [1.29, 1.82) is 5.26 Å². The summed E-state index contributed by atoms with van der Waals surface area (Å²) in [6.45, 7) is 7.69. The fourth-order valence-electron chi connectivity index (χ4n) is 2.80. The molecule has 0 amide bonds. The van der Waals surface area contributed by atoms with Crippen LogP contribution in [-0.4, -0.2) is 54.2 Å². The quantitative estimate of drug-likeness (QED) is 0.830. The van der Waals surface area contributed by atoms with Crippen LogP contribution in [-0.2, 0) is 4.74 Å². The number of halogens is 1. The predicted octanol–water partition coefficient (Wildman–Crippen LogP) is 1.58. The molecule has 5 nitrogen and oxygen atoms in total. The van der Waals surface area contributed by atoms with E-state index in [1.807, 2.05) is 0 Å². The van der Waals surface area contributed by atoms with Crippen LogP contribution in [0.5, 0.6) is 0 Å². The van der Waals surface area contributed by atoms with Gasteiger partial charge in [-0.25, -0.2) is 0 Å². The van der Waals surface area contributed by atoms with E-state index in [4.69, 9.17) is 21.6 Å². The molecule has 0 bridgehead atoms. The Labute approximate surface area is 121 Å². The van der Waals surface area contributed by atoms with E-state index in [1.165, 1.54) is 11.5 Å². The number of ether oxygens (including phenoxy) is 1. The van der Waals surface area contributed by atoms with Gasteiger partial charge < -0.3 is 9.64 Å². The lowest BCUT2D eigenvalue weighted by Crippen LogP contribution is -2.70. The first kappa shape index (κ1) is 13.1. The van der Waals surface area contributed by atoms with E-state index in [1.54, 1.807) is 0 Å². The second-order valence-corrected chi connectivity index (χ2v) is 6.33. The average Bonchev–Trinajstić information content (AvgIpc) is 2.77. The van der Waals surface area contributed by atoms with Crippen molar-refractivity contribution in [3.63, 3.8) is 0 Å². The van der Waals surface area contributed by atoms with Crippen LogP contribution in [0.25, 0.3) is 0 Å². The van der Waals surface area contributed by atoms with E-state index < -0.39 is 0 Å². The maximum atomic E-state index is 9.11. The van der Waals surface area contributed by atoms with Gasteiger partial charge in [0.25, 0.3) is 0 Å². The summed E-state index contributed by atoms with van der Waals surface area (Å²) in [4.78, 5) is 4.67. The molecule has 0 aliphatic carbocycles. The van der Waals surface area contributed by atoms with Crippen molar-refractivity contribution in [1.82, 2.24) is 9.27 Å². The minimum absolute atomic E-state index is 0.174. The zero-order valence-corrected chi connectivity index (χ0v) is 12.3. The van der Waals surface area contributed by atoms with Crippen LogP contribution in [0.15, 0.2) is 0 Å². The van der Waals surface area contributed by atoms with E-state index in [9.17, 15) is 0 Å². The van der Waals surface area contributed by atoms with E-state index in [2.05, 4.69) is 27.2 Å². The molecule has 0 spiro atoms. The van der Waals surface area contributed by atoms with Gasteiger partial charge in [-0.2, -0.15) is 9.64 Å². The Morgan fingerprint density at radius 3 is 2.74 bits per heavy atom. The number of anilines is 1. The minimum atomic E-state index is 0.174.